The third-order valence-corrected chi connectivity index (χ3v) is 3.85. The molecule has 0 unspecified atom stereocenters. The number of amides is 1. The first-order valence-corrected chi connectivity index (χ1v) is 7.35. The molecule has 3 N–H and O–H groups in total. The van der Waals surface area contributed by atoms with Crippen LogP contribution in [0.1, 0.15) is 39.5 Å². The number of nitrogens with two attached hydrogens (primary N) is 1. The van der Waals surface area contributed by atoms with E-state index in [9.17, 15) is 13.6 Å². The first kappa shape index (κ1) is 17.5. The summed E-state index contributed by atoms with van der Waals surface area (Å²) >= 11 is 5.06. The van der Waals surface area contributed by atoms with E-state index in [1.807, 2.05) is 13.8 Å². The average Bonchev–Trinajstić information content (AvgIpc) is 2.43. The molecule has 0 fully saturated rings. The molecule has 1 rings (SSSR count). The largest absolute Gasteiger partial charge is 0.392 e. The molecule has 1 aromatic carbocycles. The molecule has 6 heteroatoms. The maximum atomic E-state index is 13.7. The summed E-state index contributed by atoms with van der Waals surface area (Å²) in [5.41, 5.74) is 4.54. The van der Waals surface area contributed by atoms with E-state index in [4.69, 9.17) is 18.0 Å². The van der Waals surface area contributed by atoms with Crippen molar-refractivity contribution in [3.05, 3.63) is 29.8 Å². The molecule has 0 atom stereocenters. The van der Waals surface area contributed by atoms with E-state index < -0.39 is 23.0 Å². The molecule has 0 aliphatic rings. The summed E-state index contributed by atoms with van der Waals surface area (Å²) in [5.74, 6) is -2.58. The molecule has 0 heterocycles. The van der Waals surface area contributed by atoms with Crippen molar-refractivity contribution in [3.8, 4) is 0 Å². The van der Waals surface area contributed by atoms with Gasteiger partial charge in [0.2, 0.25) is 5.91 Å². The van der Waals surface area contributed by atoms with E-state index >= 15 is 0 Å². The van der Waals surface area contributed by atoms with Crippen LogP contribution < -0.4 is 11.1 Å². The van der Waals surface area contributed by atoms with Gasteiger partial charge >= 0.3 is 0 Å². The number of anilines is 1. The number of carbonyl (C=O) groups excluding carboxylic acids is 1. The second-order valence-corrected chi connectivity index (χ2v) is 5.44. The van der Waals surface area contributed by atoms with Crippen molar-refractivity contribution < 1.29 is 13.6 Å². The van der Waals surface area contributed by atoms with Crippen LogP contribution in [0.25, 0.3) is 0 Å². The quantitative estimate of drug-likeness (QED) is 0.753. The first-order valence-electron chi connectivity index (χ1n) is 6.94. The highest BCUT2D eigenvalue weighted by Crippen LogP contribution is 2.32. The Morgan fingerprint density at radius 1 is 1.29 bits per heavy atom. The molecule has 1 amide bonds. The van der Waals surface area contributed by atoms with Crippen LogP contribution in [0, 0.1) is 17.0 Å². The summed E-state index contributed by atoms with van der Waals surface area (Å²) in [7, 11) is 0. The molecular weight excluding hydrogens is 294 g/mol. The van der Waals surface area contributed by atoms with Crippen molar-refractivity contribution in [1.82, 2.24) is 0 Å². The Morgan fingerprint density at radius 2 is 1.86 bits per heavy atom. The average molecular weight is 314 g/mol. The van der Waals surface area contributed by atoms with Crippen LogP contribution in [0.3, 0.4) is 0 Å². The van der Waals surface area contributed by atoms with Crippen molar-refractivity contribution in [2.45, 2.75) is 39.5 Å². The molecule has 0 bridgehead atoms. The number of hydrogen-bond donors (Lipinski definition) is 2. The summed E-state index contributed by atoms with van der Waals surface area (Å²) < 4.78 is 26.9. The molecule has 0 spiro atoms. The number of rotatable bonds is 7. The van der Waals surface area contributed by atoms with Crippen LogP contribution in [0.5, 0.6) is 0 Å². The van der Waals surface area contributed by atoms with Gasteiger partial charge in [-0.1, -0.05) is 45.0 Å². The molecular formula is C15H20F2N2OS. The normalized spacial score (nSPS) is 11.2. The van der Waals surface area contributed by atoms with E-state index in [1.165, 1.54) is 12.1 Å². The molecule has 0 radical (unpaired) electrons. The summed E-state index contributed by atoms with van der Waals surface area (Å²) in [6.07, 6.45) is 2.35. The summed E-state index contributed by atoms with van der Waals surface area (Å²) in [4.78, 5) is 12.6. The molecule has 0 aliphatic heterocycles. The molecule has 21 heavy (non-hydrogen) atoms. The predicted molar refractivity (Wildman–Crippen MR) is 84.0 cm³/mol. The fourth-order valence-corrected chi connectivity index (χ4v) is 2.70. The Hall–Kier alpha value is -1.56. The predicted octanol–water partition coefficient (Wildman–Crippen LogP) is 3.78. The van der Waals surface area contributed by atoms with Crippen molar-refractivity contribution >= 4 is 28.8 Å². The second kappa shape index (κ2) is 7.45. The Kier molecular flexibility index (Phi) is 6.20. The summed E-state index contributed by atoms with van der Waals surface area (Å²) in [6, 6.07) is 3.62. The SMILES string of the molecule is CCCC(CCC)(C(=O)Nc1cccc(F)c1F)C(N)=S. The van der Waals surface area contributed by atoms with Crippen LogP contribution in [0.15, 0.2) is 18.2 Å². The van der Waals surface area contributed by atoms with Gasteiger partial charge in [-0.2, -0.15) is 0 Å². The van der Waals surface area contributed by atoms with Crippen LogP contribution in [0.2, 0.25) is 0 Å². The van der Waals surface area contributed by atoms with Gasteiger partial charge in [-0.15, -0.1) is 0 Å². The molecule has 1 aromatic rings. The maximum Gasteiger partial charge on any atom is 0.237 e. The third kappa shape index (κ3) is 3.75. The Morgan fingerprint density at radius 3 is 2.33 bits per heavy atom. The zero-order valence-electron chi connectivity index (χ0n) is 12.2. The smallest absolute Gasteiger partial charge is 0.237 e. The standard InChI is InChI=1S/C15H20F2N2OS/c1-3-8-15(9-4-2,13(18)21)14(20)19-11-7-5-6-10(16)12(11)17/h5-7H,3-4,8-9H2,1-2H3,(H2,18,21)(H,19,20). The van der Waals surface area contributed by atoms with Crippen LogP contribution in [0.4, 0.5) is 14.5 Å². The van der Waals surface area contributed by atoms with E-state index in [0.29, 0.717) is 25.7 Å². The number of carbonyl (C=O) groups is 1. The van der Waals surface area contributed by atoms with Gasteiger partial charge in [0, 0.05) is 0 Å². The Bertz CT molecular complexity index is 528. The Balaban J connectivity index is 3.11. The molecule has 3 nitrogen and oxygen atoms in total. The van der Waals surface area contributed by atoms with E-state index in [1.54, 1.807) is 0 Å². The minimum Gasteiger partial charge on any atom is -0.392 e. The van der Waals surface area contributed by atoms with Crippen molar-refractivity contribution in [2.24, 2.45) is 11.1 Å². The number of halogens is 2. The second-order valence-electron chi connectivity index (χ2n) is 5.00. The number of thiocarbonyl (C=S) groups is 1. The monoisotopic (exact) mass is 314 g/mol. The fraction of sp³-hybridized carbons (Fsp3) is 0.467. The lowest BCUT2D eigenvalue weighted by Gasteiger charge is -2.31. The van der Waals surface area contributed by atoms with Crippen LogP contribution >= 0.6 is 12.2 Å². The van der Waals surface area contributed by atoms with Gasteiger partial charge in [0.05, 0.1) is 16.1 Å². The molecule has 0 aromatic heterocycles. The molecule has 0 aliphatic carbocycles. The lowest BCUT2D eigenvalue weighted by Crippen LogP contribution is -2.46. The van der Waals surface area contributed by atoms with Gasteiger partial charge in [-0.3, -0.25) is 4.79 Å². The lowest BCUT2D eigenvalue weighted by molar-refractivity contribution is -0.122. The zero-order chi connectivity index (χ0) is 16.0. The van der Waals surface area contributed by atoms with Gasteiger partial charge in [-0.05, 0) is 25.0 Å². The van der Waals surface area contributed by atoms with E-state index in [-0.39, 0.29) is 10.7 Å². The van der Waals surface area contributed by atoms with Crippen LogP contribution in [-0.4, -0.2) is 10.9 Å². The highest BCUT2D eigenvalue weighted by molar-refractivity contribution is 7.80. The fourth-order valence-electron chi connectivity index (χ4n) is 2.41. The van der Waals surface area contributed by atoms with Crippen molar-refractivity contribution in [3.63, 3.8) is 0 Å². The lowest BCUT2D eigenvalue weighted by atomic mass is 9.78. The minimum atomic E-state index is -1.09. The topological polar surface area (TPSA) is 55.1 Å². The molecule has 0 saturated heterocycles. The van der Waals surface area contributed by atoms with E-state index in [0.717, 1.165) is 6.07 Å². The number of benzene rings is 1. The Labute approximate surface area is 128 Å². The molecule has 116 valence electrons. The van der Waals surface area contributed by atoms with E-state index in [2.05, 4.69) is 5.32 Å². The van der Waals surface area contributed by atoms with Gasteiger partial charge in [-0.25, -0.2) is 8.78 Å². The molecule has 0 saturated carbocycles. The van der Waals surface area contributed by atoms with Gasteiger partial charge in [0.15, 0.2) is 11.6 Å². The first-order chi connectivity index (χ1) is 9.89. The number of nitrogens with one attached hydrogen (secondary N) is 1. The van der Waals surface area contributed by atoms with Gasteiger partial charge < -0.3 is 11.1 Å². The van der Waals surface area contributed by atoms with Crippen molar-refractivity contribution in [1.29, 1.82) is 0 Å². The summed E-state index contributed by atoms with van der Waals surface area (Å²) in [5, 5.41) is 2.42. The minimum absolute atomic E-state index is 0.0838. The summed E-state index contributed by atoms with van der Waals surface area (Å²) in [6.45, 7) is 3.83. The maximum absolute atomic E-state index is 13.7. The highest BCUT2D eigenvalue weighted by atomic mass is 32.1. The third-order valence-electron chi connectivity index (χ3n) is 3.46. The van der Waals surface area contributed by atoms with Gasteiger partial charge in [0.25, 0.3) is 0 Å². The zero-order valence-corrected chi connectivity index (χ0v) is 13.0. The highest BCUT2D eigenvalue weighted by Gasteiger charge is 2.40. The van der Waals surface area contributed by atoms with Crippen LogP contribution in [-0.2, 0) is 4.79 Å². The van der Waals surface area contributed by atoms with Crippen molar-refractivity contribution in [2.75, 3.05) is 5.32 Å². The van der Waals surface area contributed by atoms with Gasteiger partial charge in [0.1, 0.15) is 0 Å². The number of hydrogen-bond acceptors (Lipinski definition) is 2.